The lowest BCUT2D eigenvalue weighted by Crippen LogP contribution is -2.42. The van der Waals surface area contributed by atoms with E-state index >= 15 is 0 Å². The van der Waals surface area contributed by atoms with Crippen molar-refractivity contribution in [2.45, 2.75) is 39.7 Å². The normalized spacial score (nSPS) is 18.8. The van der Waals surface area contributed by atoms with E-state index in [1.807, 2.05) is 36.1 Å². The summed E-state index contributed by atoms with van der Waals surface area (Å²) in [6.07, 6.45) is 2.71. The number of hydrogen-bond donors (Lipinski definition) is 2. The van der Waals surface area contributed by atoms with Crippen LogP contribution in [-0.2, 0) is 22.5 Å². The van der Waals surface area contributed by atoms with E-state index in [2.05, 4.69) is 22.5 Å². The number of fused-ring (bicyclic) bond motifs is 1. The molecular formula is C25H32N6O3. The Hall–Kier alpha value is -3.20. The van der Waals surface area contributed by atoms with Gasteiger partial charge < -0.3 is 25.2 Å². The fraction of sp³-hybridized carbons (Fsp3) is 0.520. The minimum absolute atomic E-state index is 0.187. The summed E-state index contributed by atoms with van der Waals surface area (Å²) >= 11 is 0. The molecule has 34 heavy (non-hydrogen) atoms. The van der Waals surface area contributed by atoms with Crippen molar-refractivity contribution in [1.29, 1.82) is 0 Å². The Morgan fingerprint density at radius 2 is 1.82 bits per heavy atom. The van der Waals surface area contributed by atoms with Gasteiger partial charge in [0, 0.05) is 48.4 Å². The molecule has 2 fully saturated rings. The van der Waals surface area contributed by atoms with E-state index in [1.54, 1.807) is 0 Å². The van der Waals surface area contributed by atoms with Crippen LogP contribution in [0.4, 0.5) is 16.3 Å². The summed E-state index contributed by atoms with van der Waals surface area (Å²) in [6, 6.07) is 7.31. The number of nitrogens with zero attached hydrogens (tertiary/aromatic N) is 4. The van der Waals surface area contributed by atoms with Gasteiger partial charge in [0.25, 0.3) is 0 Å². The van der Waals surface area contributed by atoms with Gasteiger partial charge in [0.2, 0.25) is 5.91 Å². The Labute approximate surface area is 199 Å². The van der Waals surface area contributed by atoms with Crippen LogP contribution in [-0.4, -0.2) is 66.2 Å². The molecule has 2 aromatic rings. The third-order valence-electron chi connectivity index (χ3n) is 6.90. The summed E-state index contributed by atoms with van der Waals surface area (Å²) in [5.41, 5.74) is 3.46. The zero-order valence-electron chi connectivity index (χ0n) is 19.9. The van der Waals surface area contributed by atoms with Crippen LogP contribution in [0.3, 0.4) is 0 Å². The Kier molecular flexibility index (Phi) is 6.12. The number of morpholine rings is 1. The topological polar surface area (TPSA) is 99.7 Å². The van der Waals surface area contributed by atoms with Gasteiger partial charge in [-0.3, -0.25) is 4.79 Å². The molecule has 1 aromatic carbocycles. The van der Waals surface area contributed by atoms with Gasteiger partial charge in [-0.2, -0.15) is 0 Å². The van der Waals surface area contributed by atoms with Crippen LogP contribution in [0.25, 0.3) is 11.4 Å². The van der Waals surface area contributed by atoms with Gasteiger partial charge in [-0.15, -0.1) is 0 Å². The highest BCUT2D eigenvalue weighted by Gasteiger charge is 2.47. The minimum Gasteiger partial charge on any atom is -0.378 e. The molecule has 1 saturated carbocycles. The number of amides is 3. The van der Waals surface area contributed by atoms with Crippen LogP contribution < -0.4 is 15.5 Å². The number of benzene rings is 1. The molecular weight excluding hydrogens is 432 g/mol. The van der Waals surface area contributed by atoms with Gasteiger partial charge in [0.15, 0.2) is 5.82 Å². The minimum atomic E-state index is -0.232. The number of carbonyl (C=O) groups excluding carboxylic acids is 2. The van der Waals surface area contributed by atoms with Crippen LogP contribution in [0.2, 0.25) is 0 Å². The lowest BCUT2D eigenvalue weighted by Gasteiger charge is -2.35. The van der Waals surface area contributed by atoms with Crippen molar-refractivity contribution in [1.82, 2.24) is 20.2 Å². The predicted molar refractivity (Wildman–Crippen MR) is 130 cm³/mol. The average molecular weight is 465 g/mol. The second-order valence-electron chi connectivity index (χ2n) is 9.49. The van der Waals surface area contributed by atoms with Crippen LogP contribution in [0.5, 0.6) is 0 Å². The van der Waals surface area contributed by atoms with Crippen LogP contribution in [0.15, 0.2) is 24.3 Å². The second kappa shape index (κ2) is 9.21. The molecule has 0 unspecified atom stereocenters. The van der Waals surface area contributed by atoms with Gasteiger partial charge in [0.05, 0.1) is 25.5 Å². The SMILES string of the molecule is CCNC(=O)Nc1ccc(-c2nc3c(c(N4CCOCC4)n2)CCN(C(=O)C2(C)CC2)C3)cc1. The van der Waals surface area contributed by atoms with Crippen molar-refractivity contribution in [2.75, 3.05) is 49.6 Å². The highest BCUT2D eigenvalue weighted by atomic mass is 16.5. The number of carbonyl (C=O) groups is 2. The molecule has 3 heterocycles. The molecule has 5 rings (SSSR count). The molecule has 9 heteroatoms. The summed E-state index contributed by atoms with van der Waals surface area (Å²) in [5, 5.41) is 5.54. The number of ether oxygens (including phenoxy) is 1. The Morgan fingerprint density at radius 1 is 1.09 bits per heavy atom. The predicted octanol–water partition coefficient (Wildman–Crippen LogP) is 2.81. The summed E-state index contributed by atoms with van der Waals surface area (Å²) in [5.74, 6) is 1.83. The molecule has 1 saturated heterocycles. The second-order valence-corrected chi connectivity index (χ2v) is 9.49. The zero-order valence-corrected chi connectivity index (χ0v) is 19.9. The maximum atomic E-state index is 13.0. The molecule has 2 aliphatic heterocycles. The number of rotatable bonds is 5. The van der Waals surface area contributed by atoms with Crippen molar-refractivity contribution in [3.8, 4) is 11.4 Å². The third kappa shape index (κ3) is 4.57. The summed E-state index contributed by atoms with van der Waals surface area (Å²) < 4.78 is 5.56. The van der Waals surface area contributed by atoms with Gasteiger partial charge >= 0.3 is 6.03 Å². The first-order valence-corrected chi connectivity index (χ1v) is 12.1. The van der Waals surface area contributed by atoms with E-state index in [1.165, 1.54) is 0 Å². The van der Waals surface area contributed by atoms with Crippen LogP contribution >= 0.6 is 0 Å². The summed E-state index contributed by atoms with van der Waals surface area (Å²) in [7, 11) is 0. The van der Waals surface area contributed by atoms with Crippen molar-refractivity contribution in [3.05, 3.63) is 35.5 Å². The fourth-order valence-electron chi connectivity index (χ4n) is 4.57. The van der Waals surface area contributed by atoms with E-state index in [9.17, 15) is 9.59 Å². The van der Waals surface area contributed by atoms with E-state index in [0.29, 0.717) is 44.4 Å². The molecule has 0 atom stereocenters. The average Bonchev–Trinajstić information content (AvgIpc) is 3.62. The molecule has 1 aromatic heterocycles. The fourth-order valence-corrected chi connectivity index (χ4v) is 4.57. The Balaban J connectivity index is 1.45. The van der Waals surface area contributed by atoms with E-state index in [0.717, 1.165) is 55.0 Å². The van der Waals surface area contributed by atoms with E-state index in [-0.39, 0.29) is 17.4 Å². The maximum absolute atomic E-state index is 13.0. The monoisotopic (exact) mass is 464 g/mol. The summed E-state index contributed by atoms with van der Waals surface area (Å²) in [4.78, 5) is 39.0. The molecule has 0 radical (unpaired) electrons. The largest absolute Gasteiger partial charge is 0.378 e. The van der Waals surface area contributed by atoms with E-state index < -0.39 is 0 Å². The molecule has 0 bridgehead atoms. The quantitative estimate of drug-likeness (QED) is 0.706. The first-order chi connectivity index (χ1) is 16.5. The lowest BCUT2D eigenvalue weighted by molar-refractivity contribution is -0.137. The molecule has 3 amide bonds. The van der Waals surface area contributed by atoms with Gasteiger partial charge in [-0.05, 0) is 50.5 Å². The first-order valence-electron chi connectivity index (χ1n) is 12.1. The number of anilines is 2. The van der Waals surface area contributed by atoms with Crippen LogP contribution in [0, 0.1) is 5.41 Å². The molecule has 2 N–H and O–H groups in total. The Bertz CT molecular complexity index is 1080. The summed E-state index contributed by atoms with van der Waals surface area (Å²) in [6.45, 7) is 8.67. The molecule has 0 spiro atoms. The standard InChI is InChI=1S/C25H32N6O3/c1-3-26-24(33)27-18-6-4-17(5-7-18)21-28-20-16-31(23(32)25(2)9-10-25)11-8-19(20)22(29-21)30-12-14-34-15-13-30/h4-7H,3,8-16H2,1-2H3,(H2,26,27,33). The lowest BCUT2D eigenvalue weighted by atomic mass is 10.0. The maximum Gasteiger partial charge on any atom is 0.319 e. The number of urea groups is 1. The van der Waals surface area contributed by atoms with Crippen molar-refractivity contribution >= 4 is 23.4 Å². The highest BCUT2D eigenvalue weighted by molar-refractivity contribution is 5.89. The van der Waals surface area contributed by atoms with Crippen LogP contribution in [0.1, 0.15) is 37.9 Å². The number of nitrogens with one attached hydrogen (secondary N) is 2. The first kappa shape index (κ1) is 22.6. The smallest absolute Gasteiger partial charge is 0.319 e. The van der Waals surface area contributed by atoms with Crippen molar-refractivity contribution in [3.63, 3.8) is 0 Å². The number of aromatic nitrogens is 2. The van der Waals surface area contributed by atoms with Gasteiger partial charge in [-0.1, -0.05) is 6.92 Å². The third-order valence-corrected chi connectivity index (χ3v) is 6.90. The zero-order chi connectivity index (χ0) is 23.7. The van der Waals surface area contributed by atoms with Crippen molar-refractivity contribution in [2.24, 2.45) is 5.41 Å². The molecule has 3 aliphatic rings. The molecule has 1 aliphatic carbocycles. The van der Waals surface area contributed by atoms with Gasteiger partial charge in [0.1, 0.15) is 5.82 Å². The highest BCUT2D eigenvalue weighted by Crippen LogP contribution is 2.47. The Morgan fingerprint density at radius 3 is 2.50 bits per heavy atom. The number of hydrogen-bond acceptors (Lipinski definition) is 6. The molecule has 9 nitrogen and oxygen atoms in total. The molecule has 180 valence electrons. The van der Waals surface area contributed by atoms with Crippen molar-refractivity contribution < 1.29 is 14.3 Å². The van der Waals surface area contributed by atoms with E-state index in [4.69, 9.17) is 14.7 Å². The van der Waals surface area contributed by atoms with Gasteiger partial charge in [-0.25, -0.2) is 14.8 Å².